The number of aromatic nitrogens is 2. The highest BCUT2D eigenvalue weighted by Crippen LogP contribution is 2.03. The summed E-state index contributed by atoms with van der Waals surface area (Å²) in [6.07, 6.45) is 6.12. The number of rotatable bonds is 7. The highest BCUT2D eigenvalue weighted by molar-refractivity contribution is 14.1. The lowest BCUT2D eigenvalue weighted by molar-refractivity contribution is -0.143. The van der Waals surface area contributed by atoms with Gasteiger partial charge in [-0.2, -0.15) is 0 Å². The molecule has 6 heteroatoms. The fraction of sp³-hybridized carbons (Fsp3) is 0.583. The van der Waals surface area contributed by atoms with Gasteiger partial charge in [-0.1, -0.05) is 6.42 Å². The first-order chi connectivity index (χ1) is 8.65. The Morgan fingerprint density at radius 3 is 2.94 bits per heavy atom. The Balaban J connectivity index is 2.24. The number of hydrogen-bond acceptors (Lipinski definition) is 4. The van der Waals surface area contributed by atoms with E-state index in [9.17, 15) is 9.59 Å². The fourth-order valence-electron chi connectivity index (χ4n) is 1.54. The third-order valence-corrected chi connectivity index (χ3v) is 3.18. The maximum absolute atomic E-state index is 11.7. The van der Waals surface area contributed by atoms with Crippen LogP contribution in [0.1, 0.15) is 32.6 Å². The van der Waals surface area contributed by atoms with Crippen molar-refractivity contribution in [2.75, 3.05) is 6.61 Å². The van der Waals surface area contributed by atoms with Crippen molar-refractivity contribution >= 4 is 28.6 Å². The van der Waals surface area contributed by atoms with Crippen molar-refractivity contribution in [3.8, 4) is 0 Å². The first-order valence-corrected chi connectivity index (χ1v) is 7.08. The van der Waals surface area contributed by atoms with Gasteiger partial charge >= 0.3 is 5.97 Å². The molecule has 0 fully saturated rings. The lowest BCUT2D eigenvalue weighted by Crippen LogP contribution is -2.22. The number of esters is 1. The van der Waals surface area contributed by atoms with E-state index in [-0.39, 0.29) is 11.5 Å². The van der Waals surface area contributed by atoms with Crippen LogP contribution in [-0.2, 0) is 16.1 Å². The Morgan fingerprint density at radius 1 is 1.44 bits per heavy atom. The quantitative estimate of drug-likeness (QED) is 0.422. The van der Waals surface area contributed by atoms with Crippen LogP contribution < -0.4 is 5.56 Å². The Kier molecular flexibility index (Phi) is 6.92. The van der Waals surface area contributed by atoms with Crippen LogP contribution in [-0.4, -0.2) is 22.1 Å². The largest absolute Gasteiger partial charge is 0.466 e. The van der Waals surface area contributed by atoms with Gasteiger partial charge in [0.25, 0.3) is 5.56 Å². The Labute approximate surface area is 120 Å². The van der Waals surface area contributed by atoms with E-state index in [2.05, 4.69) is 4.98 Å². The molecule has 0 spiro atoms. The molecule has 0 saturated carbocycles. The molecule has 0 aromatic carbocycles. The average Bonchev–Trinajstić information content (AvgIpc) is 2.34. The van der Waals surface area contributed by atoms with Gasteiger partial charge in [0, 0.05) is 19.2 Å². The highest BCUT2D eigenvalue weighted by Gasteiger charge is 2.02. The molecule has 0 aliphatic carbocycles. The van der Waals surface area contributed by atoms with Gasteiger partial charge in [-0.3, -0.25) is 14.2 Å². The third-order valence-electron chi connectivity index (χ3n) is 2.44. The Bertz CT molecular complexity index is 445. The number of nitrogens with zero attached hydrogens (tertiary/aromatic N) is 2. The molecule has 0 unspecified atom stereocenters. The topological polar surface area (TPSA) is 61.2 Å². The molecule has 100 valence electrons. The van der Waals surface area contributed by atoms with Crippen molar-refractivity contribution < 1.29 is 9.53 Å². The van der Waals surface area contributed by atoms with Gasteiger partial charge in [-0.05, 0) is 42.4 Å². The maximum Gasteiger partial charge on any atom is 0.305 e. The molecular formula is C12H17IN2O3. The summed E-state index contributed by atoms with van der Waals surface area (Å²) >= 11 is 1.98. The maximum atomic E-state index is 11.7. The molecule has 0 aliphatic rings. The predicted octanol–water partition coefficient (Wildman–Crippen LogP) is 1.97. The van der Waals surface area contributed by atoms with Crippen LogP contribution in [0, 0.1) is 3.57 Å². The minimum atomic E-state index is -0.148. The monoisotopic (exact) mass is 364 g/mol. The second-order valence-electron chi connectivity index (χ2n) is 3.86. The number of halogens is 1. The van der Waals surface area contributed by atoms with Gasteiger partial charge in [-0.25, -0.2) is 4.98 Å². The van der Waals surface area contributed by atoms with Crippen LogP contribution in [0.2, 0.25) is 0 Å². The summed E-state index contributed by atoms with van der Waals surface area (Å²) in [5.74, 6) is -0.148. The van der Waals surface area contributed by atoms with Crippen molar-refractivity contribution in [3.05, 3.63) is 26.4 Å². The van der Waals surface area contributed by atoms with E-state index in [1.807, 2.05) is 22.6 Å². The van der Waals surface area contributed by atoms with Crippen LogP contribution in [0.5, 0.6) is 0 Å². The summed E-state index contributed by atoms with van der Waals surface area (Å²) in [5.41, 5.74) is -0.00371. The Morgan fingerprint density at radius 2 is 2.22 bits per heavy atom. The van der Waals surface area contributed by atoms with Gasteiger partial charge < -0.3 is 4.74 Å². The van der Waals surface area contributed by atoms with Gasteiger partial charge in [0.05, 0.1) is 16.5 Å². The van der Waals surface area contributed by atoms with Gasteiger partial charge in [0.2, 0.25) is 0 Å². The van der Waals surface area contributed by atoms with Crippen molar-refractivity contribution in [3.63, 3.8) is 0 Å². The molecule has 0 radical (unpaired) electrons. The van der Waals surface area contributed by atoms with E-state index in [0.29, 0.717) is 23.1 Å². The standard InChI is InChI=1S/C12H17IN2O3/c1-2-18-11(16)6-4-3-5-7-15-9-14-8-10(13)12(15)17/h8-9H,2-7H2,1H3. The summed E-state index contributed by atoms with van der Waals surface area (Å²) in [6.45, 7) is 2.88. The minimum absolute atomic E-state index is 0.00371. The molecule has 0 saturated heterocycles. The summed E-state index contributed by atoms with van der Waals surface area (Å²) in [5, 5.41) is 0. The molecule has 0 aliphatic heterocycles. The van der Waals surface area contributed by atoms with Crippen LogP contribution in [0.15, 0.2) is 17.3 Å². The molecule has 0 bridgehead atoms. The smallest absolute Gasteiger partial charge is 0.305 e. The van der Waals surface area contributed by atoms with E-state index in [1.165, 1.54) is 0 Å². The molecule has 0 amide bonds. The molecule has 5 nitrogen and oxygen atoms in total. The number of ether oxygens (including phenoxy) is 1. The molecule has 1 heterocycles. The lowest BCUT2D eigenvalue weighted by atomic mass is 10.2. The molecule has 1 rings (SSSR count). The van der Waals surface area contributed by atoms with E-state index in [4.69, 9.17) is 4.74 Å². The van der Waals surface area contributed by atoms with E-state index < -0.39 is 0 Å². The normalized spacial score (nSPS) is 10.3. The number of hydrogen-bond donors (Lipinski definition) is 0. The average molecular weight is 364 g/mol. The van der Waals surface area contributed by atoms with E-state index in [0.717, 1.165) is 19.3 Å². The summed E-state index contributed by atoms with van der Waals surface area (Å²) in [6, 6.07) is 0. The zero-order chi connectivity index (χ0) is 13.4. The number of carbonyl (C=O) groups excluding carboxylic acids is 1. The van der Waals surface area contributed by atoms with Crippen LogP contribution in [0.3, 0.4) is 0 Å². The van der Waals surface area contributed by atoms with E-state index >= 15 is 0 Å². The van der Waals surface area contributed by atoms with Crippen LogP contribution >= 0.6 is 22.6 Å². The summed E-state index contributed by atoms with van der Waals surface area (Å²) in [4.78, 5) is 26.7. The van der Waals surface area contributed by atoms with E-state index in [1.54, 1.807) is 24.0 Å². The molecular weight excluding hydrogens is 347 g/mol. The predicted molar refractivity (Wildman–Crippen MR) is 76.3 cm³/mol. The summed E-state index contributed by atoms with van der Waals surface area (Å²) < 4.78 is 7.07. The first kappa shape index (κ1) is 15.1. The van der Waals surface area contributed by atoms with Crippen molar-refractivity contribution in [1.82, 2.24) is 9.55 Å². The van der Waals surface area contributed by atoms with Crippen molar-refractivity contribution in [2.24, 2.45) is 0 Å². The van der Waals surface area contributed by atoms with Crippen molar-refractivity contribution in [1.29, 1.82) is 0 Å². The molecule has 18 heavy (non-hydrogen) atoms. The zero-order valence-corrected chi connectivity index (χ0v) is 12.6. The third kappa shape index (κ3) is 5.16. The number of aryl methyl sites for hydroxylation is 1. The fourth-order valence-corrected chi connectivity index (χ4v) is 2.02. The van der Waals surface area contributed by atoms with Crippen LogP contribution in [0.4, 0.5) is 0 Å². The number of unbranched alkanes of at least 4 members (excludes halogenated alkanes) is 2. The lowest BCUT2D eigenvalue weighted by Gasteiger charge is -2.05. The van der Waals surface area contributed by atoms with Gasteiger partial charge in [0.15, 0.2) is 0 Å². The summed E-state index contributed by atoms with van der Waals surface area (Å²) in [7, 11) is 0. The SMILES string of the molecule is CCOC(=O)CCCCCn1cncc(I)c1=O. The molecule has 0 atom stereocenters. The zero-order valence-electron chi connectivity index (χ0n) is 10.4. The van der Waals surface area contributed by atoms with Crippen molar-refractivity contribution in [2.45, 2.75) is 39.2 Å². The first-order valence-electron chi connectivity index (χ1n) is 6.00. The molecule has 1 aromatic heterocycles. The molecule has 1 aromatic rings. The van der Waals surface area contributed by atoms with Crippen LogP contribution in [0.25, 0.3) is 0 Å². The second-order valence-corrected chi connectivity index (χ2v) is 5.02. The van der Waals surface area contributed by atoms with Gasteiger partial charge in [-0.15, -0.1) is 0 Å². The minimum Gasteiger partial charge on any atom is -0.466 e. The van der Waals surface area contributed by atoms with Gasteiger partial charge in [0.1, 0.15) is 0 Å². The Hall–Kier alpha value is -0.920. The number of carbonyl (C=O) groups is 1. The second kappa shape index (κ2) is 8.23. The highest BCUT2D eigenvalue weighted by atomic mass is 127. The molecule has 0 N–H and O–H groups in total.